The van der Waals surface area contributed by atoms with Gasteiger partial charge in [-0.1, -0.05) is 21.9 Å². The maximum Gasteiger partial charge on any atom is 0.282 e. The van der Waals surface area contributed by atoms with E-state index in [-0.39, 0.29) is 12.2 Å². The van der Waals surface area contributed by atoms with E-state index in [1.165, 1.54) is 4.68 Å². The van der Waals surface area contributed by atoms with Crippen molar-refractivity contribution in [1.29, 1.82) is 0 Å². The van der Waals surface area contributed by atoms with Gasteiger partial charge in [-0.05, 0) is 60.1 Å². The van der Waals surface area contributed by atoms with E-state index >= 15 is 0 Å². The van der Waals surface area contributed by atoms with E-state index in [4.69, 9.17) is 15.9 Å². The highest BCUT2D eigenvalue weighted by atomic mass is 79.9. The van der Waals surface area contributed by atoms with Gasteiger partial charge in [-0.3, -0.25) is 4.79 Å². The van der Waals surface area contributed by atoms with Crippen molar-refractivity contribution < 1.29 is 9.47 Å². The molecule has 0 radical (unpaired) electrons. The molecule has 2 aromatic carbocycles. The third-order valence-corrected chi connectivity index (χ3v) is 5.14. The van der Waals surface area contributed by atoms with Gasteiger partial charge in [-0.2, -0.15) is 9.78 Å². The molecule has 0 bridgehead atoms. The maximum absolute atomic E-state index is 12.9. The van der Waals surface area contributed by atoms with Crippen molar-refractivity contribution >= 4 is 49.0 Å². The Labute approximate surface area is 184 Å². The molecule has 148 valence electrons. The van der Waals surface area contributed by atoms with Gasteiger partial charge in [0.1, 0.15) is 12.4 Å². The highest BCUT2D eigenvalue weighted by molar-refractivity contribution is 9.10. The van der Waals surface area contributed by atoms with Crippen LogP contribution < -0.4 is 15.0 Å². The van der Waals surface area contributed by atoms with Crippen LogP contribution in [0.5, 0.6) is 11.5 Å². The first-order chi connectivity index (χ1) is 13.9. The normalized spacial score (nSPS) is 11.0. The Morgan fingerprint density at radius 1 is 1.24 bits per heavy atom. The van der Waals surface area contributed by atoms with Gasteiger partial charge in [0.15, 0.2) is 11.5 Å². The van der Waals surface area contributed by atoms with Gasteiger partial charge in [0.2, 0.25) is 0 Å². The Morgan fingerprint density at radius 2 is 2.00 bits per heavy atom. The Morgan fingerprint density at radius 3 is 2.72 bits per heavy atom. The van der Waals surface area contributed by atoms with E-state index in [2.05, 4.69) is 47.9 Å². The Bertz CT molecular complexity index is 1200. The zero-order chi connectivity index (χ0) is 21.0. The van der Waals surface area contributed by atoms with Crippen molar-refractivity contribution in [3.8, 4) is 23.8 Å². The summed E-state index contributed by atoms with van der Waals surface area (Å²) in [6, 6.07) is 8.90. The SMILES string of the molecule is C#CCOc1cc(Br)c(C=Nn2c(C)nc3ccc(Br)cc3c2=O)cc1OCC. The first-order valence-electron chi connectivity index (χ1n) is 8.70. The van der Waals surface area contributed by atoms with Gasteiger partial charge in [-0.15, -0.1) is 6.42 Å². The van der Waals surface area contributed by atoms with E-state index in [0.29, 0.717) is 40.4 Å². The molecule has 0 N–H and O–H groups in total. The second-order valence-corrected chi connectivity index (χ2v) is 7.70. The largest absolute Gasteiger partial charge is 0.490 e. The first-order valence-corrected chi connectivity index (χ1v) is 10.3. The summed E-state index contributed by atoms with van der Waals surface area (Å²) in [5.74, 6) is 3.98. The van der Waals surface area contributed by atoms with Gasteiger partial charge >= 0.3 is 0 Å². The Balaban J connectivity index is 2.04. The summed E-state index contributed by atoms with van der Waals surface area (Å²) in [7, 11) is 0. The number of ether oxygens (including phenoxy) is 2. The third-order valence-electron chi connectivity index (χ3n) is 3.96. The number of nitrogens with zero attached hydrogens (tertiary/aromatic N) is 3. The average molecular weight is 519 g/mol. The lowest BCUT2D eigenvalue weighted by Crippen LogP contribution is -2.20. The summed E-state index contributed by atoms with van der Waals surface area (Å²) >= 11 is 6.88. The lowest BCUT2D eigenvalue weighted by Gasteiger charge is -2.12. The minimum Gasteiger partial charge on any atom is -0.490 e. The molecule has 0 saturated heterocycles. The Hall–Kier alpha value is -2.63. The number of terminal acetylenes is 1. The summed E-state index contributed by atoms with van der Waals surface area (Å²) in [5.41, 5.74) is 1.08. The average Bonchev–Trinajstić information content (AvgIpc) is 2.69. The first kappa shape index (κ1) is 21.1. The van der Waals surface area contributed by atoms with Crippen LogP contribution in [-0.4, -0.2) is 29.1 Å². The van der Waals surface area contributed by atoms with Gasteiger partial charge in [0, 0.05) is 14.5 Å². The number of hydrogen-bond donors (Lipinski definition) is 0. The van der Waals surface area contributed by atoms with Gasteiger partial charge in [0.05, 0.1) is 23.7 Å². The molecule has 6 nitrogen and oxygen atoms in total. The van der Waals surface area contributed by atoms with Gasteiger partial charge < -0.3 is 9.47 Å². The van der Waals surface area contributed by atoms with Crippen molar-refractivity contribution in [2.24, 2.45) is 5.10 Å². The van der Waals surface area contributed by atoms with Crippen LogP contribution >= 0.6 is 31.9 Å². The lowest BCUT2D eigenvalue weighted by atomic mass is 10.2. The third kappa shape index (κ3) is 4.69. The molecule has 8 heteroatoms. The maximum atomic E-state index is 12.9. The van der Waals surface area contributed by atoms with Crippen LogP contribution in [0.15, 0.2) is 49.2 Å². The van der Waals surface area contributed by atoms with Crippen molar-refractivity contribution in [2.75, 3.05) is 13.2 Å². The monoisotopic (exact) mass is 517 g/mol. The standard InChI is InChI=1S/C21H17Br2N3O3/c1-4-8-29-20-11-17(23)14(9-19(20)28-5-2)12-24-26-13(3)25-18-7-6-15(22)10-16(18)21(26)27/h1,6-7,9-12H,5,8H2,2-3H3. The summed E-state index contributed by atoms with van der Waals surface area (Å²) in [6.45, 7) is 4.21. The van der Waals surface area contributed by atoms with Crippen molar-refractivity contribution in [1.82, 2.24) is 9.66 Å². The van der Waals surface area contributed by atoms with Gasteiger partial charge in [0.25, 0.3) is 5.56 Å². The van der Waals surface area contributed by atoms with Crippen molar-refractivity contribution in [3.05, 3.63) is 61.0 Å². The zero-order valence-electron chi connectivity index (χ0n) is 15.8. The molecule has 0 spiro atoms. The van der Waals surface area contributed by atoms with Crippen molar-refractivity contribution in [3.63, 3.8) is 0 Å². The summed E-state index contributed by atoms with van der Waals surface area (Å²) < 4.78 is 14.0. The predicted molar refractivity (Wildman–Crippen MR) is 121 cm³/mol. The van der Waals surface area contributed by atoms with Crippen LogP contribution in [0.25, 0.3) is 10.9 Å². The fourth-order valence-corrected chi connectivity index (χ4v) is 3.45. The molecule has 0 atom stereocenters. The zero-order valence-corrected chi connectivity index (χ0v) is 18.9. The van der Waals surface area contributed by atoms with Crippen LogP contribution in [0.4, 0.5) is 0 Å². The number of benzene rings is 2. The topological polar surface area (TPSA) is 65.7 Å². The van der Waals surface area contributed by atoms with Crippen LogP contribution in [-0.2, 0) is 0 Å². The number of halogens is 2. The molecule has 0 aliphatic rings. The molecule has 1 aromatic heterocycles. The molecule has 0 saturated carbocycles. The van der Waals surface area contributed by atoms with Crippen LogP contribution in [0.3, 0.4) is 0 Å². The minimum atomic E-state index is -0.250. The van der Waals surface area contributed by atoms with Crippen molar-refractivity contribution in [2.45, 2.75) is 13.8 Å². The molecule has 0 aliphatic carbocycles. The number of aryl methyl sites for hydroxylation is 1. The van der Waals surface area contributed by atoms with Crippen LogP contribution in [0.2, 0.25) is 0 Å². The fourth-order valence-electron chi connectivity index (χ4n) is 2.67. The molecular formula is C21H17Br2N3O3. The van der Waals surface area contributed by atoms with E-state index in [1.807, 2.05) is 13.0 Å². The number of fused-ring (bicyclic) bond motifs is 1. The minimum absolute atomic E-state index is 0.132. The van der Waals surface area contributed by atoms with E-state index in [9.17, 15) is 4.79 Å². The van der Waals surface area contributed by atoms with E-state index in [1.54, 1.807) is 37.4 Å². The number of aromatic nitrogens is 2. The second kappa shape index (κ2) is 9.25. The van der Waals surface area contributed by atoms with E-state index < -0.39 is 0 Å². The fraction of sp³-hybridized carbons (Fsp3) is 0.190. The smallest absolute Gasteiger partial charge is 0.282 e. The predicted octanol–water partition coefficient (Wildman–Crippen LogP) is 4.52. The molecule has 29 heavy (non-hydrogen) atoms. The number of rotatable bonds is 6. The molecule has 3 rings (SSSR count). The molecule has 0 fully saturated rings. The Kier molecular flexibility index (Phi) is 6.72. The second-order valence-electron chi connectivity index (χ2n) is 5.93. The molecule has 0 unspecified atom stereocenters. The van der Waals surface area contributed by atoms with Crippen LogP contribution in [0.1, 0.15) is 18.3 Å². The molecule has 0 amide bonds. The highest BCUT2D eigenvalue weighted by Crippen LogP contribution is 2.33. The lowest BCUT2D eigenvalue weighted by molar-refractivity contribution is 0.299. The molecule has 0 aliphatic heterocycles. The van der Waals surface area contributed by atoms with Crippen LogP contribution in [0, 0.1) is 19.3 Å². The summed E-state index contributed by atoms with van der Waals surface area (Å²) in [5, 5.41) is 4.83. The van der Waals surface area contributed by atoms with Gasteiger partial charge in [-0.25, -0.2) is 4.98 Å². The van der Waals surface area contributed by atoms with E-state index in [0.717, 1.165) is 8.95 Å². The summed E-state index contributed by atoms with van der Waals surface area (Å²) in [4.78, 5) is 17.3. The quantitative estimate of drug-likeness (QED) is 0.355. The molecule has 3 aromatic rings. The number of hydrogen-bond acceptors (Lipinski definition) is 5. The highest BCUT2D eigenvalue weighted by Gasteiger charge is 2.11. The molecular weight excluding hydrogens is 502 g/mol. The molecule has 1 heterocycles. The summed E-state index contributed by atoms with van der Waals surface area (Å²) in [6.07, 6.45) is 6.83.